The summed E-state index contributed by atoms with van der Waals surface area (Å²) in [7, 11) is 0. The Labute approximate surface area is 117 Å². The summed E-state index contributed by atoms with van der Waals surface area (Å²) in [5, 5.41) is 9.05. The van der Waals surface area contributed by atoms with Crippen LogP contribution in [0, 0.1) is 0 Å². The second-order valence-electron chi connectivity index (χ2n) is 4.02. The molecule has 0 saturated carbocycles. The van der Waals surface area contributed by atoms with E-state index in [4.69, 9.17) is 5.11 Å². The largest absolute Gasteiger partial charge is 0.478 e. The van der Waals surface area contributed by atoms with Crippen molar-refractivity contribution in [3.05, 3.63) is 35.4 Å². The summed E-state index contributed by atoms with van der Waals surface area (Å²) in [6.07, 6.45) is 0. The van der Waals surface area contributed by atoms with E-state index in [1.807, 2.05) is 19.9 Å². The summed E-state index contributed by atoms with van der Waals surface area (Å²) < 4.78 is 0. The second-order valence-corrected chi connectivity index (χ2v) is 5.01. The third-order valence-electron chi connectivity index (χ3n) is 2.85. The highest BCUT2D eigenvalue weighted by Crippen LogP contribution is 2.17. The number of rotatable bonds is 7. The normalized spacial score (nSPS) is 10.2. The highest BCUT2D eigenvalue weighted by Gasteiger charge is 2.12. The molecule has 1 rings (SSSR count). The van der Waals surface area contributed by atoms with Crippen molar-refractivity contribution >= 4 is 23.6 Å². The Morgan fingerprint density at radius 2 is 1.84 bits per heavy atom. The Kier molecular flexibility index (Phi) is 6.42. The highest BCUT2D eigenvalue weighted by atomic mass is 32.2. The minimum Gasteiger partial charge on any atom is -0.478 e. The predicted octanol–water partition coefficient (Wildman–Crippen LogP) is 2.49. The summed E-state index contributed by atoms with van der Waals surface area (Å²) in [5.74, 6) is 0.0968. The Hall–Kier alpha value is -1.49. The van der Waals surface area contributed by atoms with E-state index in [9.17, 15) is 9.59 Å². The van der Waals surface area contributed by atoms with Gasteiger partial charge in [0.05, 0.1) is 11.3 Å². The predicted molar refractivity (Wildman–Crippen MR) is 77.5 cm³/mol. The lowest BCUT2D eigenvalue weighted by Crippen LogP contribution is -2.31. The molecule has 0 aliphatic heterocycles. The number of carboxylic acid groups (broad SMARTS) is 1. The van der Waals surface area contributed by atoms with Crippen LogP contribution >= 0.6 is 11.8 Å². The third-order valence-corrected chi connectivity index (χ3v) is 3.81. The summed E-state index contributed by atoms with van der Waals surface area (Å²) in [5.41, 5.74) is 1.07. The highest BCUT2D eigenvalue weighted by molar-refractivity contribution is 7.99. The summed E-state index contributed by atoms with van der Waals surface area (Å²) in [6, 6.07) is 6.90. The average Bonchev–Trinajstić information content (AvgIpc) is 2.40. The van der Waals surface area contributed by atoms with E-state index in [1.54, 1.807) is 23.1 Å². The lowest BCUT2D eigenvalue weighted by atomic mass is 10.1. The molecule has 0 saturated heterocycles. The van der Waals surface area contributed by atoms with Gasteiger partial charge in [-0.05, 0) is 25.5 Å². The van der Waals surface area contributed by atoms with Crippen LogP contribution in [0.15, 0.2) is 24.3 Å². The molecule has 0 bridgehead atoms. The fourth-order valence-corrected chi connectivity index (χ4v) is 2.70. The maximum absolute atomic E-state index is 11.8. The van der Waals surface area contributed by atoms with E-state index in [0.29, 0.717) is 30.2 Å². The average molecular weight is 281 g/mol. The van der Waals surface area contributed by atoms with Gasteiger partial charge in [-0.3, -0.25) is 4.79 Å². The van der Waals surface area contributed by atoms with Crippen LogP contribution < -0.4 is 0 Å². The van der Waals surface area contributed by atoms with Gasteiger partial charge in [-0.15, -0.1) is 11.8 Å². The lowest BCUT2D eigenvalue weighted by molar-refractivity contribution is -0.127. The molecule has 0 unspecified atom stereocenters. The molecule has 5 heteroatoms. The van der Waals surface area contributed by atoms with Crippen LogP contribution in [0.1, 0.15) is 29.8 Å². The van der Waals surface area contributed by atoms with Gasteiger partial charge in [0, 0.05) is 18.8 Å². The Morgan fingerprint density at radius 3 is 2.42 bits per heavy atom. The number of benzene rings is 1. The van der Waals surface area contributed by atoms with Crippen molar-refractivity contribution in [2.45, 2.75) is 19.6 Å². The molecule has 0 aromatic heterocycles. The molecule has 0 aliphatic rings. The summed E-state index contributed by atoms with van der Waals surface area (Å²) in [6.45, 7) is 5.32. The fraction of sp³-hybridized carbons (Fsp3) is 0.429. The van der Waals surface area contributed by atoms with Crippen LogP contribution in [0.4, 0.5) is 0 Å². The topological polar surface area (TPSA) is 57.6 Å². The molecule has 0 atom stereocenters. The van der Waals surface area contributed by atoms with Crippen molar-refractivity contribution in [2.75, 3.05) is 18.8 Å². The van der Waals surface area contributed by atoms with Gasteiger partial charge in [-0.2, -0.15) is 0 Å². The van der Waals surface area contributed by atoms with Gasteiger partial charge in [0.25, 0.3) is 0 Å². The Morgan fingerprint density at radius 1 is 1.21 bits per heavy atom. The van der Waals surface area contributed by atoms with E-state index in [0.717, 1.165) is 5.56 Å². The minimum atomic E-state index is -0.925. The quantitative estimate of drug-likeness (QED) is 0.834. The van der Waals surface area contributed by atoms with Gasteiger partial charge < -0.3 is 10.0 Å². The number of thioether (sulfide) groups is 1. The molecule has 19 heavy (non-hydrogen) atoms. The molecule has 104 valence electrons. The molecule has 0 aliphatic carbocycles. The van der Waals surface area contributed by atoms with Gasteiger partial charge in [0.2, 0.25) is 5.91 Å². The fourth-order valence-electron chi connectivity index (χ4n) is 1.77. The SMILES string of the molecule is CCN(CC)C(=O)CSCc1ccccc1C(=O)O. The van der Waals surface area contributed by atoms with Crippen LogP contribution in [0.2, 0.25) is 0 Å². The molecule has 0 heterocycles. The lowest BCUT2D eigenvalue weighted by Gasteiger charge is -2.18. The van der Waals surface area contributed by atoms with E-state index in [-0.39, 0.29) is 5.91 Å². The zero-order valence-corrected chi connectivity index (χ0v) is 12.1. The number of nitrogens with zero attached hydrogens (tertiary/aromatic N) is 1. The van der Waals surface area contributed by atoms with Gasteiger partial charge in [0.15, 0.2) is 0 Å². The van der Waals surface area contributed by atoms with Crippen LogP contribution in [-0.2, 0) is 10.5 Å². The Bertz CT molecular complexity index is 444. The van der Waals surface area contributed by atoms with Gasteiger partial charge >= 0.3 is 5.97 Å². The zero-order chi connectivity index (χ0) is 14.3. The van der Waals surface area contributed by atoms with Crippen molar-refractivity contribution in [1.82, 2.24) is 4.90 Å². The number of hydrogen-bond acceptors (Lipinski definition) is 3. The molecule has 1 N–H and O–H groups in total. The molecule has 1 aromatic rings. The summed E-state index contributed by atoms with van der Waals surface area (Å²) >= 11 is 1.45. The molecule has 0 spiro atoms. The second kappa shape index (κ2) is 7.84. The number of amides is 1. The van der Waals surface area contributed by atoms with Gasteiger partial charge in [-0.25, -0.2) is 4.79 Å². The number of carbonyl (C=O) groups excluding carboxylic acids is 1. The van der Waals surface area contributed by atoms with Crippen LogP contribution in [-0.4, -0.2) is 40.7 Å². The van der Waals surface area contributed by atoms with Gasteiger partial charge in [0.1, 0.15) is 0 Å². The Balaban J connectivity index is 2.54. The number of hydrogen-bond donors (Lipinski definition) is 1. The monoisotopic (exact) mass is 281 g/mol. The molecule has 0 radical (unpaired) electrons. The van der Waals surface area contributed by atoms with Crippen LogP contribution in [0.5, 0.6) is 0 Å². The molecule has 4 nitrogen and oxygen atoms in total. The number of carboxylic acids is 1. The molecule has 1 aromatic carbocycles. The first-order valence-corrected chi connectivity index (χ1v) is 7.42. The number of aromatic carboxylic acids is 1. The van der Waals surface area contributed by atoms with E-state index in [1.165, 1.54) is 11.8 Å². The van der Waals surface area contributed by atoms with E-state index < -0.39 is 5.97 Å². The minimum absolute atomic E-state index is 0.0998. The van der Waals surface area contributed by atoms with Gasteiger partial charge in [-0.1, -0.05) is 18.2 Å². The first-order valence-electron chi connectivity index (χ1n) is 6.26. The molecular weight excluding hydrogens is 262 g/mol. The van der Waals surface area contributed by atoms with Crippen molar-refractivity contribution in [1.29, 1.82) is 0 Å². The van der Waals surface area contributed by atoms with E-state index >= 15 is 0 Å². The molecule has 1 amide bonds. The van der Waals surface area contributed by atoms with Crippen molar-refractivity contribution in [2.24, 2.45) is 0 Å². The molecule has 0 fully saturated rings. The van der Waals surface area contributed by atoms with Crippen molar-refractivity contribution in [3.63, 3.8) is 0 Å². The summed E-state index contributed by atoms with van der Waals surface area (Å²) in [4.78, 5) is 24.6. The third kappa shape index (κ3) is 4.59. The zero-order valence-electron chi connectivity index (χ0n) is 11.3. The standard InChI is InChI=1S/C14H19NO3S/c1-3-15(4-2)13(16)10-19-9-11-7-5-6-8-12(11)14(17)18/h5-8H,3-4,9-10H2,1-2H3,(H,17,18). The van der Waals surface area contributed by atoms with Crippen molar-refractivity contribution in [3.8, 4) is 0 Å². The maximum atomic E-state index is 11.8. The van der Waals surface area contributed by atoms with E-state index in [2.05, 4.69) is 0 Å². The first kappa shape index (κ1) is 15.6. The van der Waals surface area contributed by atoms with Crippen LogP contribution in [0.25, 0.3) is 0 Å². The molecular formula is C14H19NO3S. The smallest absolute Gasteiger partial charge is 0.335 e. The van der Waals surface area contributed by atoms with Crippen molar-refractivity contribution < 1.29 is 14.7 Å². The van der Waals surface area contributed by atoms with Crippen LogP contribution in [0.3, 0.4) is 0 Å². The number of carbonyl (C=O) groups is 2. The maximum Gasteiger partial charge on any atom is 0.335 e. The first-order chi connectivity index (χ1) is 9.10.